The smallest absolute Gasteiger partial charge is 0.330 e. The minimum Gasteiger partial charge on any atom is -0.480 e. The van der Waals surface area contributed by atoms with Gasteiger partial charge in [-0.1, -0.05) is 18.5 Å². The number of carboxylic acid groups (broad SMARTS) is 1. The third kappa shape index (κ3) is 2.48. The molecule has 1 aromatic carbocycles. The van der Waals surface area contributed by atoms with Crippen LogP contribution in [0.25, 0.3) is 11.4 Å². The topological polar surface area (TPSA) is 80.9 Å². The fourth-order valence-corrected chi connectivity index (χ4v) is 1.63. The summed E-state index contributed by atoms with van der Waals surface area (Å²) in [4.78, 5) is 12.1. The van der Waals surface area contributed by atoms with Gasteiger partial charge in [-0.15, -0.1) is 15.0 Å². The van der Waals surface area contributed by atoms with Crippen LogP contribution in [0.3, 0.4) is 0 Å². The van der Waals surface area contributed by atoms with Crippen molar-refractivity contribution < 1.29 is 9.90 Å². The third-order valence-electron chi connectivity index (χ3n) is 2.48. The molecule has 0 aliphatic heterocycles. The van der Waals surface area contributed by atoms with Crippen LogP contribution < -0.4 is 0 Å². The molecule has 1 atom stereocenters. The lowest BCUT2D eigenvalue weighted by Gasteiger charge is -2.06. The number of hydrogen-bond donors (Lipinski definition) is 1. The molecule has 0 radical (unpaired) electrons. The summed E-state index contributed by atoms with van der Waals surface area (Å²) in [6.07, 6.45) is 0.395. The highest BCUT2D eigenvalue weighted by Gasteiger charge is 2.20. The Bertz CT molecular complexity index is 552. The number of hydrogen-bond acceptors (Lipinski definition) is 4. The SMILES string of the molecule is CC[C@H](C(=O)O)n1nnc(-c2ccc(Cl)cc2)n1. The van der Waals surface area contributed by atoms with Crippen molar-refractivity contribution in [2.75, 3.05) is 0 Å². The van der Waals surface area contributed by atoms with Crippen molar-refractivity contribution in [2.24, 2.45) is 0 Å². The molecule has 1 heterocycles. The zero-order valence-corrected chi connectivity index (χ0v) is 10.4. The molecule has 0 saturated heterocycles. The molecule has 7 heteroatoms. The van der Waals surface area contributed by atoms with Crippen molar-refractivity contribution in [2.45, 2.75) is 19.4 Å². The summed E-state index contributed by atoms with van der Waals surface area (Å²) in [6, 6.07) is 6.15. The molecule has 2 rings (SSSR count). The molecule has 0 amide bonds. The van der Waals surface area contributed by atoms with Gasteiger partial charge in [-0.05, 0) is 35.9 Å². The van der Waals surface area contributed by atoms with Gasteiger partial charge in [0.15, 0.2) is 6.04 Å². The van der Waals surface area contributed by atoms with Crippen molar-refractivity contribution in [1.29, 1.82) is 0 Å². The zero-order valence-electron chi connectivity index (χ0n) is 9.62. The average Bonchev–Trinajstić information content (AvgIpc) is 2.80. The molecule has 1 aromatic heterocycles. The Morgan fingerprint density at radius 3 is 2.67 bits per heavy atom. The van der Waals surface area contributed by atoms with E-state index >= 15 is 0 Å². The lowest BCUT2D eigenvalue weighted by Crippen LogP contribution is -2.20. The van der Waals surface area contributed by atoms with E-state index in [1.54, 1.807) is 31.2 Å². The molecule has 0 bridgehead atoms. The van der Waals surface area contributed by atoms with E-state index in [9.17, 15) is 4.79 Å². The number of halogens is 1. The van der Waals surface area contributed by atoms with Crippen LogP contribution in [0.15, 0.2) is 24.3 Å². The van der Waals surface area contributed by atoms with E-state index < -0.39 is 12.0 Å². The van der Waals surface area contributed by atoms with Gasteiger partial charge in [0.25, 0.3) is 0 Å². The van der Waals surface area contributed by atoms with E-state index in [1.165, 1.54) is 0 Å². The fourth-order valence-electron chi connectivity index (χ4n) is 1.51. The van der Waals surface area contributed by atoms with Gasteiger partial charge < -0.3 is 5.11 Å². The lowest BCUT2D eigenvalue weighted by molar-refractivity contribution is -0.141. The molecule has 18 heavy (non-hydrogen) atoms. The van der Waals surface area contributed by atoms with Gasteiger partial charge in [-0.3, -0.25) is 0 Å². The van der Waals surface area contributed by atoms with Gasteiger partial charge in [-0.2, -0.15) is 0 Å². The highest BCUT2D eigenvalue weighted by molar-refractivity contribution is 6.30. The second-order valence-corrected chi connectivity index (χ2v) is 4.14. The van der Waals surface area contributed by atoms with Crippen molar-refractivity contribution in [3.05, 3.63) is 29.3 Å². The Labute approximate surface area is 108 Å². The first kappa shape index (κ1) is 12.5. The molecule has 0 spiro atoms. The van der Waals surface area contributed by atoms with Crippen LogP contribution in [0.1, 0.15) is 19.4 Å². The molecule has 1 N–H and O–H groups in total. The van der Waals surface area contributed by atoms with Crippen LogP contribution in [-0.4, -0.2) is 31.3 Å². The Morgan fingerprint density at radius 2 is 2.11 bits per heavy atom. The summed E-state index contributed by atoms with van der Waals surface area (Å²) < 4.78 is 0. The maximum atomic E-state index is 11.0. The average molecular weight is 267 g/mol. The highest BCUT2D eigenvalue weighted by atomic mass is 35.5. The number of aliphatic carboxylic acids is 1. The van der Waals surface area contributed by atoms with Crippen LogP contribution in [0, 0.1) is 0 Å². The van der Waals surface area contributed by atoms with Crippen molar-refractivity contribution in [1.82, 2.24) is 20.2 Å². The monoisotopic (exact) mass is 266 g/mol. The van der Waals surface area contributed by atoms with Crippen LogP contribution in [-0.2, 0) is 4.79 Å². The van der Waals surface area contributed by atoms with Crippen LogP contribution in [0.5, 0.6) is 0 Å². The number of nitrogens with zero attached hydrogens (tertiary/aromatic N) is 4. The minimum atomic E-state index is -0.974. The molecule has 0 fully saturated rings. The van der Waals surface area contributed by atoms with E-state index in [0.717, 1.165) is 10.4 Å². The summed E-state index contributed by atoms with van der Waals surface area (Å²) in [6.45, 7) is 1.75. The Hall–Kier alpha value is -1.95. The largest absolute Gasteiger partial charge is 0.480 e. The van der Waals surface area contributed by atoms with Gasteiger partial charge >= 0.3 is 5.97 Å². The van der Waals surface area contributed by atoms with Crippen LogP contribution >= 0.6 is 11.6 Å². The van der Waals surface area contributed by atoms with Crippen LogP contribution in [0.4, 0.5) is 0 Å². The third-order valence-corrected chi connectivity index (χ3v) is 2.73. The van der Waals surface area contributed by atoms with Crippen molar-refractivity contribution >= 4 is 17.6 Å². The van der Waals surface area contributed by atoms with E-state index in [0.29, 0.717) is 17.3 Å². The Kier molecular flexibility index (Phi) is 3.57. The van der Waals surface area contributed by atoms with Crippen molar-refractivity contribution in [3.63, 3.8) is 0 Å². The first-order valence-electron chi connectivity index (χ1n) is 5.40. The zero-order chi connectivity index (χ0) is 13.1. The number of tetrazole rings is 1. The van der Waals surface area contributed by atoms with Crippen LogP contribution in [0.2, 0.25) is 5.02 Å². The van der Waals surface area contributed by atoms with E-state index in [4.69, 9.17) is 16.7 Å². The van der Waals surface area contributed by atoms with E-state index in [-0.39, 0.29) is 0 Å². The molecular weight excluding hydrogens is 256 g/mol. The second kappa shape index (κ2) is 5.14. The van der Waals surface area contributed by atoms with E-state index in [2.05, 4.69) is 15.4 Å². The fraction of sp³-hybridized carbons (Fsp3) is 0.273. The number of carboxylic acids is 1. The molecule has 94 valence electrons. The number of aromatic nitrogens is 4. The first-order chi connectivity index (χ1) is 8.61. The van der Waals surface area contributed by atoms with Gasteiger partial charge in [0.1, 0.15) is 0 Å². The minimum absolute atomic E-state index is 0.381. The summed E-state index contributed by atoms with van der Waals surface area (Å²) in [5.74, 6) is -0.594. The summed E-state index contributed by atoms with van der Waals surface area (Å²) in [7, 11) is 0. The molecule has 0 unspecified atom stereocenters. The standard InChI is InChI=1S/C11H11ClN4O2/c1-2-9(11(17)18)16-14-10(13-15-16)7-3-5-8(12)6-4-7/h3-6,9H,2H2,1H3,(H,17,18)/t9-/m1/s1. The van der Waals surface area contributed by atoms with Gasteiger partial charge in [-0.25, -0.2) is 4.79 Å². The maximum absolute atomic E-state index is 11.0. The molecule has 6 nitrogen and oxygen atoms in total. The molecule has 0 saturated carbocycles. The highest BCUT2D eigenvalue weighted by Crippen LogP contribution is 2.18. The molecular formula is C11H11ClN4O2. The first-order valence-corrected chi connectivity index (χ1v) is 5.78. The number of carbonyl (C=O) groups is 1. The predicted octanol–water partition coefficient (Wildman–Crippen LogP) is 2.03. The molecule has 0 aliphatic carbocycles. The summed E-state index contributed by atoms with van der Waals surface area (Å²) >= 11 is 5.78. The number of benzene rings is 1. The van der Waals surface area contributed by atoms with Gasteiger partial charge in [0, 0.05) is 10.6 Å². The Balaban J connectivity index is 2.30. The molecule has 2 aromatic rings. The summed E-state index contributed by atoms with van der Waals surface area (Å²) in [5.41, 5.74) is 0.742. The normalized spacial score (nSPS) is 12.3. The van der Waals surface area contributed by atoms with Crippen molar-refractivity contribution in [3.8, 4) is 11.4 Å². The second-order valence-electron chi connectivity index (χ2n) is 3.70. The lowest BCUT2D eigenvalue weighted by atomic mass is 10.2. The number of rotatable bonds is 4. The Morgan fingerprint density at radius 1 is 1.44 bits per heavy atom. The van der Waals surface area contributed by atoms with E-state index in [1.807, 2.05) is 0 Å². The van der Waals surface area contributed by atoms with Gasteiger partial charge in [0.05, 0.1) is 0 Å². The quantitative estimate of drug-likeness (QED) is 0.916. The van der Waals surface area contributed by atoms with Gasteiger partial charge in [0.2, 0.25) is 5.82 Å². The molecule has 0 aliphatic rings. The summed E-state index contributed by atoms with van der Waals surface area (Å²) in [5, 5.41) is 21.3. The predicted molar refractivity (Wildman–Crippen MR) is 65.2 cm³/mol. The maximum Gasteiger partial charge on any atom is 0.330 e.